The van der Waals surface area contributed by atoms with E-state index in [9.17, 15) is 4.79 Å². The lowest BCUT2D eigenvalue weighted by Gasteiger charge is -2.29. The number of hydrogen-bond acceptors (Lipinski definition) is 6. The van der Waals surface area contributed by atoms with Gasteiger partial charge in [0, 0.05) is 37.3 Å². The summed E-state index contributed by atoms with van der Waals surface area (Å²) in [7, 11) is 3.34. The van der Waals surface area contributed by atoms with Crippen LogP contribution in [-0.4, -0.2) is 59.2 Å². The normalized spacial score (nSPS) is 21.6. The number of nitrogens with zero attached hydrogens (tertiary/aromatic N) is 4. The Bertz CT molecular complexity index is 854. The summed E-state index contributed by atoms with van der Waals surface area (Å²) in [5.41, 5.74) is 1.60. The van der Waals surface area contributed by atoms with E-state index in [4.69, 9.17) is 9.47 Å². The van der Waals surface area contributed by atoms with Gasteiger partial charge in [-0.15, -0.1) is 5.10 Å². The number of hydrogen-bond donors (Lipinski definition) is 1. The molecule has 1 aromatic heterocycles. The van der Waals surface area contributed by atoms with Crippen molar-refractivity contribution in [1.29, 1.82) is 0 Å². The number of amides is 1. The predicted octanol–water partition coefficient (Wildman–Crippen LogP) is 2.80. The van der Waals surface area contributed by atoms with Gasteiger partial charge in [0.05, 0.1) is 26.5 Å². The smallest absolute Gasteiger partial charge is 0.276 e. The molecule has 1 saturated heterocycles. The van der Waals surface area contributed by atoms with E-state index in [0.717, 1.165) is 75.2 Å². The summed E-state index contributed by atoms with van der Waals surface area (Å²) in [6.45, 7) is 2.43. The molecule has 8 nitrogen and oxygen atoms in total. The van der Waals surface area contributed by atoms with Crippen molar-refractivity contribution < 1.29 is 14.3 Å². The van der Waals surface area contributed by atoms with E-state index in [1.807, 2.05) is 34.0 Å². The molecule has 162 valence electrons. The van der Waals surface area contributed by atoms with Crippen LogP contribution < -0.4 is 14.8 Å². The van der Waals surface area contributed by atoms with E-state index in [1.54, 1.807) is 14.2 Å². The van der Waals surface area contributed by atoms with Crippen molar-refractivity contribution >= 4 is 5.91 Å². The van der Waals surface area contributed by atoms with Crippen molar-refractivity contribution in [3.8, 4) is 11.5 Å². The molecule has 0 spiro atoms. The topological polar surface area (TPSA) is 81.5 Å². The number of nitrogens with one attached hydrogen (secondary N) is 1. The van der Waals surface area contributed by atoms with Gasteiger partial charge in [-0.1, -0.05) is 11.3 Å². The molecule has 1 aliphatic heterocycles. The summed E-state index contributed by atoms with van der Waals surface area (Å²) in [6, 6.07) is 6.69. The van der Waals surface area contributed by atoms with Crippen LogP contribution in [0.3, 0.4) is 0 Å². The molecule has 2 heterocycles. The molecule has 30 heavy (non-hydrogen) atoms. The third kappa shape index (κ3) is 4.59. The lowest BCUT2D eigenvalue weighted by atomic mass is 9.91. The highest BCUT2D eigenvalue weighted by Gasteiger charge is 2.26. The molecule has 0 bridgehead atoms. The summed E-state index contributed by atoms with van der Waals surface area (Å²) >= 11 is 0. The summed E-state index contributed by atoms with van der Waals surface area (Å²) in [6.07, 6.45) is 8.19. The highest BCUT2D eigenvalue weighted by Crippen LogP contribution is 2.29. The van der Waals surface area contributed by atoms with Crippen LogP contribution in [-0.2, 0) is 6.54 Å². The highest BCUT2D eigenvalue weighted by atomic mass is 16.5. The molecular formula is C22H31N5O3. The summed E-state index contributed by atoms with van der Waals surface area (Å²) in [5, 5.41) is 12.1. The molecule has 0 unspecified atom stereocenters. The Morgan fingerprint density at radius 2 is 1.90 bits per heavy atom. The summed E-state index contributed by atoms with van der Waals surface area (Å²) in [5.74, 6) is 1.66. The van der Waals surface area contributed by atoms with Crippen LogP contribution in [0, 0.1) is 0 Å². The molecule has 2 aromatic rings. The van der Waals surface area contributed by atoms with Gasteiger partial charge in [-0.25, -0.2) is 4.68 Å². The van der Waals surface area contributed by atoms with Crippen LogP contribution in [0.4, 0.5) is 0 Å². The van der Waals surface area contributed by atoms with Crippen LogP contribution >= 0.6 is 0 Å². The Morgan fingerprint density at radius 1 is 1.13 bits per heavy atom. The largest absolute Gasteiger partial charge is 0.497 e. The Balaban J connectivity index is 1.28. The average Bonchev–Trinajstić information content (AvgIpc) is 3.50. The number of carbonyl (C=O) groups excluding carboxylic acids is 1. The molecule has 1 saturated carbocycles. The third-order valence-corrected chi connectivity index (χ3v) is 6.27. The maximum absolute atomic E-state index is 12.5. The van der Waals surface area contributed by atoms with E-state index in [2.05, 4.69) is 15.6 Å². The van der Waals surface area contributed by atoms with Crippen LogP contribution in [0.25, 0.3) is 0 Å². The first-order valence-electron chi connectivity index (χ1n) is 10.8. The van der Waals surface area contributed by atoms with Gasteiger partial charge < -0.3 is 19.7 Å². The Labute approximate surface area is 177 Å². The second kappa shape index (κ2) is 9.47. The van der Waals surface area contributed by atoms with Crippen LogP contribution in [0.1, 0.15) is 60.6 Å². The number of likely N-dealkylation sites (tertiary alicyclic amines) is 1. The van der Waals surface area contributed by atoms with Crippen molar-refractivity contribution in [2.75, 3.05) is 27.3 Å². The molecule has 1 aliphatic carbocycles. The van der Waals surface area contributed by atoms with Crippen molar-refractivity contribution in [2.24, 2.45) is 0 Å². The van der Waals surface area contributed by atoms with Crippen LogP contribution in [0.2, 0.25) is 0 Å². The summed E-state index contributed by atoms with van der Waals surface area (Å²) < 4.78 is 12.7. The Kier molecular flexibility index (Phi) is 6.52. The fourth-order valence-electron chi connectivity index (χ4n) is 4.43. The molecular weight excluding hydrogens is 382 g/mol. The van der Waals surface area contributed by atoms with Gasteiger partial charge in [-0.2, -0.15) is 0 Å². The van der Waals surface area contributed by atoms with E-state index in [-0.39, 0.29) is 5.91 Å². The van der Waals surface area contributed by atoms with Gasteiger partial charge in [0.1, 0.15) is 11.5 Å². The van der Waals surface area contributed by atoms with Gasteiger partial charge in [0.2, 0.25) is 0 Å². The fraction of sp³-hybridized carbons (Fsp3) is 0.591. The number of ether oxygens (including phenoxy) is 2. The molecule has 4 rings (SSSR count). The van der Waals surface area contributed by atoms with Crippen molar-refractivity contribution in [2.45, 2.75) is 57.2 Å². The quantitative estimate of drug-likeness (QED) is 0.752. The number of methoxy groups -OCH3 is 2. The van der Waals surface area contributed by atoms with Gasteiger partial charge >= 0.3 is 0 Å². The first kappa shape index (κ1) is 20.7. The monoisotopic (exact) mass is 413 g/mol. The minimum absolute atomic E-state index is 0.0162. The second-order valence-electron chi connectivity index (χ2n) is 8.15. The SMILES string of the molecule is COc1ccc(CNC2CCC(n3cc(C(=O)N4CCCC4)nn3)CC2)c(OC)c1. The lowest BCUT2D eigenvalue weighted by Crippen LogP contribution is -2.33. The molecule has 8 heteroatoms. The van der Waals surface area contributed by atoms with Gasteiger partial charge in [0.25, 0.3) is 5.91 Å². The van der Waals surface area contributed by atoms with E-state index in [0.29, 0.717) is 17.8 Å². The zero-order valence-electron chi connectivity index (χ0n) is 17.8. The van der Waals surface area contributed by atoms with Crippen molar-refractivity contribution in [1.82, 2.24) is 25.2 Å². The van der Waals surface area contributed by atoms with Crippen LogP contribution in [0.5, 0.6) is 11.5 Å². The highest BCUT2D eigenvalue weighted by molar-refractivity contribution is 5.92. The predicted molar refractivity (Wildman–Crippen MR) is 113 cm³/mol. The minimum Gasteiger partial charge on any atom is -0.497 e. The fourth-order valence-corrected chi connectivity index (χ4v) is 4.43. The molecule has 0 radical (unpaired) electrons. The average molecular weight is 414 g/mol. The second-order valence-corrected chi connectivity index (χ2v) is 8.15. The maximum atomic E-state index is 12.5. The Hall–Kier alpha value is -2.61. The number of rotatable bonds is 7. The zero-order chi connectivity index (χ0) is 20.9. The van der Waals surface area contributed by atoms with E-state index >= 15 is 0 Å². The van der Waals surface area contributed by atoms with Crippen LogP contribution in [0.15, 0.2) is 24.4 Å². The molecule has 1 amide bonds. The molecule has 0 atom stereocenters. The van der Waals surface area contributed by atoms with Crippen molar-refractivity contribution in [3.63, 3.8) is 0 Å². The first-order chi connectivity index (χ1) is 14.7. The van der Waals surface area contributed by atoms with E-state index < -0.39 is 0 Å². The first-order valence-corrected chi connectivity index (χ1v) is 10.8. The molecule has 2 aliphatic rings. The maximum Gasteiger partial charge on any atom is 0.276 e. The van der Waals surface area contributed by atoms with Gasteiger partial charge in [-0.3, -0.25) is 4.79 Å². The Morgan fingerprint density at radius 3 is 2.60 bits per heavy atom. The van der Waals surface area contributed by atoms with E-state index in [1.165, 1.54) is 0 Å². The third-order valence-electron chi connectivity index (χ3n) is 6.27. The van der Waals surface area contributed by atoms with Gasteiger partial charge in [-0.05, 0) is 44.6 Å². The lowest BCUT2D eigenvalue weighted by molar-refractivity contribution is 0.0787. The molecule has 1 aromatic carbocycles. The summed E-state index contributed by atoms with van der Waals surface area (Å²) in [4.78, 5) is 14.4. The zero-order valence-corrected chi connectivity index (χ0v) is 17.8. The van der Waals surface area contributed by atoms with Gasteiger partial charge in [0.15, 0.2) is 5.69 Å². The standard InChI is InChI=1S/C22H31N5O3/c1-29-19-10-5-16(21(13-19)30-2)14-23-17-6-8-18(9-7-17)27-15-20(24-25-27)22(28)26-11-3-4-12-26/h5,10,13,15,17-18,23H,3-4,6-9,11-12,14H2,1-2H3. The number of aromatic nitrogens is 3. The number of carbonyl (C=O) groups is 1. The molecule has 1 N–H and O–H groups in total. The minimum atomic E-state index is 0.0162. The molecule has 2 fully saturated rings. The number of benzene rings is 1. The van der Waals surface area contributed by atoms with Crippen molar-refractivity contribution in [3.05, 3.63) is 35.7 Å².